The van der Waals surface area contributed by atoms with E-state index in [9.17, 15) is 8.42 Å². The molecule has 7 heteroatoms. The predicted molar refractivity (Wildman–Crippen MR) is 74.7 cm³/mol. The highest BCUT2D eigenvalue weighted by molar-refractivity contribution is 9.10. The molecular formula is C11H17BrN2O3S. The van der Waals surface area contributed by atoms with E-state index in [1.807, 2.05) is 0 Å². The van der Waals surface area contributed by atoms with Crippen molar-refractivity contribution in [3.8, 4) is 0 Å². The predicted octanol–water partition coefficient (Wildman–Crippen LogP) is 1.47. The van der Waals surface area contributed by atoms with Crippen LogP contribution >= 0.6 is 15.9 Å². The highest BCUT2D eigenvalue weighted by Gasteiger charge is 2.20. The molecule has 18 heavy (non-hydrogen) atoms. The molecule has 0 spiro atoms. The second-order valence-corrected chi connectivity index (χ2v) is 6.61. The van der Waals surface area contributed by atoms with E-state index in [1.165, 1.54) is 6.07 Å². The van der Waals surface area contributed by atoms with E-state index in [0.29, 0.717) is 23.0 Å². The number of sulfonamides is 1. The van der Waals surface area contributed by atoms with Gasteiger partial charge < -0.3 is 10.8 Å². The smallest absolute Gasteiger partial charge is 0.242 e. The maximum absolute atomic E-state index is 12.1. The van der Waals surface area contributed by atoms with E-state index in [-0.39, 0.29) is 17.5 Å². The third-order valence-electron chi connectivity index (χ3n) is 2.40. The quantitative estimate of drug-likeness (QED) is 0.686. The third kappa shape index (κ3) is 4.24. The molecule has 0 aliphatic heterocycles. The molecule has 102 valence electrons. The lowest BCUT2D eigenvalue weighted by atomic mass is 10.2. The first kappa shape index (κ1) is 15.4. The van der Waals surface area contributed by atoms with E-state index < -0.39 is 10.0 Å². The molecule has 1 aromatic rings. The Morgan fingerprint density at radius 3 is 2.78 bits per heavy atom. The van der Waals surface area contributed by atoms with E-state index in [1.54, 1.807) is 19.1 Å². The van der Waals surface area contributed by atoms with Crippen LogP contribution in [0.4, 0.5) is 5.69 Å². The summed E-state index contributed by atoms with van der Waals surface area (Å²) in [6.45, 7) is 1.81. The number of rotatable bonds is 6. The van der Waals surface area contributed by atoms with Gasteiger partial charge in [0.15, 0.2) is 0 Å². The number of nitrogens with one attached hydrogen (secondary N) is 1. The zero-order valence-electron chi connectivity index (χ0n) is 10.1. The summed E-state index contributed by atoms with van der Waals surface area (Å²) >= 11 is 3.19. The van der Waals surface area contributed by atoms with E-state index in [4.69, 9.17) is 10.8 Å². The van der Waals surface area contributed by atoms with Crippen LogP contribution in [0.5, 0.6) is 0 Å². The third-order valence-corrected chi connectivity index (χ3v) is 4.98. The van der Waals surface area contributed by atoms with Gasteiger partial charge >= 0.3 is 0 Å². The van der Waals surface area contributed by atoms with Crippen LogP contribution in [0.25, 0.3) is 0 Å². The zero-order valence-corrected chi connectivity index (χ0v) is 12.5. The average molecular weight is 337 g/mol. The van der Waals surface area contributed by atoms with Gasteiger partial charge in [0.05, 0.1) is 4.90 Å². The molecular weight excluding hydrogens is 320 g/mol. The lowest BCUT2D eigenvalue weighted by Gasteiger charge is -2.14. The van der Waals surface area contributed by atoms with Gasteiger partial charge in [0.25, 0.3) is 0 Å². The molecule has 1 rings (SSSR count). The SMILES string of the molecule is CC(CCCO)NS(=O)(=O)c1cc(N)ccc1Br. The van der Waals surface area contributed by atoms with E-state index in [0.717, 1.165) is 0 Å². The van der Waals surface area contributed by atoms with E-state index in [2.05, 4.69) is 20.7 Å². The fraction of sp³-hybridized carbons (Fsp3) is 0.455. The van der Waals surface area contributed by atoms with Crippen LogP contribution in [0, 0.1) is 0 Å². The molecule has 0 aromatic heterocycles. The fourth-order valence-corrected chi connectivity index (χ4v) is 3.79. The largest absolute Gasteiger partial charge is 0.399 e. The van der Waals surface area contributed by atoms with Crippen LogP contribution in [-0.2, 0) is 10.0 Å². The highest BCUT2D eigenvalue weighted by Crippen LogP contribution is 2.24. The Balaban J connectivity index is 2.89. The number of benzene rings is 1. The maximum atomic E-state index is 12.1. The first-order valence-corrected chi connectivity index (χ1v) is 7.82. The minimum Gasteiger partial charge on any atom is -0.399 e. The molecule has 0 aliphatic rings. The van der Waals surface area contributed by atoms with Gasteiger partial charge in [0.1, 0.15) is 0 Å². The van der Waals surface area contributed by atoms with Crippen molar-refractivity contribution in [3.63, 3.8) is 0 Å². The molecule has 0 bridgehead atoms. The summed E-state index contributed by atoms with van der Waals surface area (Å²) in [5, 5.41) is 8.71. The van der Waals surface area contributed by atoms with Crippen molar-refractivity contribution in [2.24, 2.45) is 0 Å². The van der Waals surface area contributed by atoms with Gasteiger partial charge in [0.2, 0.25) is 10.0 Å². The number of hydrogen-bond donors (Lipinski definition) is 3. The number of aliphatic hydroxyl groups excluding tert-OH is 1. The summed E-state index contributed by atoms with van der Waals surface area (Å²) < 4.78 is 27.3. The van der Waals surface area contributed by atoms with Crippen LogP contribution in [0.1, 0.15) is 19.8 Å². The highest BCUT2D eigenvalue weighted by atomic mass is 79.9. The number of aliphatic hydroxyl groups is 1. The van der Waals surface area contributed by atoms with Crippen molar-refractivity contribution in [3.05, 3.63) is 22.7 Å². The van der Waals surface area contributed by atoms with Crippen molar-refractivity contribution in [1.82, 2.24) is 4.72 Å². The summed E-state index contributed by atoms with van der Waals surface area (Å²) in [5.41, 5.74) is 5.98. The molecule has 5 nitrogen and oxygen atoms in total. The lowest BCUT2D eigenvalue weighted by Crippen LogP contribution is -2.33. The summed E-state index contributed by atoms with van der Waals surface area (Å²) in [7, 11) is -3.60. The summed E-state index contributed by atoms with van der Waals surface area (Å²) in [6.07, 6.45) is 1.14. The molecule has 1 aromatic carbocycles. The molecule has 0 heterocycles. The van der Waals surface area contributed by atoms with Crippen LogP contribution in [0.3, 0.4) is 0 Å². The molecule has 0 aliphatic carbocycles. The van der Waals surface area contributed by atoms with Crippen LogP contribution < -0.4 is 10.5 Å². The normalized spacial score (nSPS) is 13.5. The minimum atomic E-state index is -3.60. The Morgan fingerprint density at radius 2 is 2.17 bits per heavy atom. The first-order chi connectivity index (χ1) is 8.36. The molecule has 0 saturated carbocycles. The second-order valence-electron chi connectivity index (χ2n) is 4.08. The molecule has 0 fully saturated rings. The van der Waals surface area contributed by atoms with Crippen molar-refractivity contribution in [2.45, 2.75) is 30.7 Å². The van der Waals surface area contributed by atoms with Gasteiger partial charge in [0, 0.05) is 22.8 Å². The Morgan fingerprint density at radius 1 is 1.50 bits per heavy atom. The average Bonchev–Trinajstić information content (AvgIpc) is 2.29. The van der Waals surface area contributed by atoms with Gasteiger partial charge in [-0.05, 0) is 53.9 Å². The van der Waals surface area contributed by atoms with Gasteiger partial charge in [-0.1, -0.05) is 0 Å². The molecule has 0 amide bonds. The van der Waals surface area contributed by atoms with Crippen molar-refractivity contribution < 1.29 is 13.5 Å². The van der Waals surface area contributed by atoms with Crippen molar-refractivity contribution in [2.75, 3.05) is 12.3 Å². The van der Waals surface area contributed by atoms with Gasteiger partial charge in [-0.2, -0.15) is 0 Å². The first-order valence-electron chi connectivity index (χ1n) is 5.55. The number of nitrogens with two attached hydrogens (primary N) is 1. The number of anilines is 1. The van der Waals surface area contributed by atoms with Crippen LogP contribution in [0.2, 0.25) is 0 Å². The van der Waals surface area contributed by atoms with Gasteiger partial charge in [-0.3, -0.25) is 0 Å². The molecule has 0 radical (unpaired) electrons. The molecule has 4 N–H and O–H groups in total. The number of halogens is 1. The van der Waals surface area contributed by atoms with Gasteiger partial charge in [-0.25, -0.2) is 13.1 Å². The lowest BCUT2D eigenvalue weighted by molar-refractivity contribution is 0.279. The van der Waals surface area contributed by atoms with Crippen molar-refractivity contribution >= 4 is 31.6 Å². The van der Waals surface area contributed by atoms with Gasteiger partial charge in [-0.15, -0.1) is 0 Å². The molecule has 1 unspecified atom stereocenters. The fourth-order valence-electron chi connectivity index (χ4n) is 1.51. The number of hydrogen-bond acceptors (Lipinski definition) is 4. The van der Waals surface area contributed by atoms with Crippen LogP contribution in [-0.4, -0.2) is 26.2 Å². The van der Waals surface area contributed by atoms with Crippen molar-refractivity contribution in [1.29, 1.82) is 0 Å². The van der Waals surface area contributed by atoms with E-state index >= 15 is 0 Å². The number of nitrogen functional groups attached to an aromatic ring is 1. The molecule has 0 saturated heterocycles. The summed E-state index contributed by atoms with van der Waals surface area (Å²) in [4.78, 5) is 0.123. The Labute approximate surface area is 116 Å². The molecule has 1 atom stereocenters. The van der Waals surface area contributed by atoms with Crippen LogP contribution in [0.15, 0.2) is 27.6 Å². The minimum absolute atomic E-state index is 0.0496. The Bertz CT molecular complexity index is 505. The zero-order chi connectivity index (χ0) is 13.8. The summed E-state index contributed by atoms with van der Waals surface area (Å²) in [5.74, 6) is 0. The summed E-state index contributed by atoms with van der Waals surface area (Å²) in [6, 6.07) is 4.39. The second kappa shape index (κ2) is 6.51. The topological polar surface area (TPSA) is 92.4 Å². The maximum Gasteiger partial charge on any atom is 0.242 e. The monoisotopic (exact) mass is 336 g/mol. The Kier molecular flexibility index (Phi) is 5.58. The standard InChI is InChI=1S/C11H17BrN2O3S/c1-8(3-2-6-15)14-18(16,17)11-7-9(13)4-5-10(11)12/h4-5,7-8,14-15H,2-3,6,13H2,1H3. The Hall–Kier alpha value is -0.630.